The van der Waals surface area contributed by atoms with Crippen molar-refractivity contribution in [1.82, 2.24) is 0 Å². The van der Waals surface area contributed by atoms with Gasteiger partial charge in [0, 0.05) is 0 Å². The Labute approximate surface area is 116 Å². The smallest absolute Gasteiger partial charge is 0.399 e. The van der Waals surface area contributed by atoms with Crippen LogP contribution in [-0.4, -0.2) is 18.3 Å². The van der Waals surface area contributed by atoms with E-state index in [1.165, 1.54) is 29.4 Å². The van der Waals surface area contributed by atoms with E-state index in [2.05, 4.69) is 52.8 Å². The number of fused-ring (bicyclic) bond motifs is 1. The maximum Gasteiger partial charge on any atom is 0.495 e. The molecule has 1 aliphatic heterocycles. The summed E-state index contributed by atoms with van der Waals surface area (Å²) in [5.41, 5.74) is 3.65. The Morgan fingerprint density at radius 2 is 1.74 bits per heavy atom. The van der Waals surface area contributed by atoms with Crippen molar-refractivity contribution in [1.29, 1.82) is 0 Å². The Bertz CT molecular complexity index is 491. The number of rotatable bonds is 1. The molecule has 1 aromatic carbocycles. The highest BCUT2D eigenvalue weighted by Crippen LogP contribution is 2.38. The van der Waals surface area contributed by atoms with Crippen molar-refractivity contribution in [2.45, 2.75) is 64.6 Å². The lowest BCUT2D eigenvalue weighted by Crippen LogP contribution is -2.41. The van der Waals surface area contributed by atoms with Crippen LogP contribution in [0, 0.1) is 0 Å². The van der Waals surface area contributed by atoms with Gasteiger partial charge in [0.05, 0.1) is 11.2 Å². The zero-order valence-electron chi connectivity index (χ0n) is 12.6. The van der Waals surface area contributed by atoms with E-state index in [0.29, 0.717) is 5.92 Å². The number of benzene rings is 1. The van der Waals surface area contributed by atoms with Gasteiger partial charge in [0.1, 0.15) is 0 Å². The first-order valence-corrected chi connectivity index (χ1v) is 7.29. The number of hydrogen-bond acceptors (Lipinski definition) is 2. The van der Waals surface area contributed by atoms with E-state index >= 15 is 0 Å². The lowest BCUT2D eigenvalue weighted by molar-refractivity contribution is 0.00578. The molecule has 1 saturated heterocycles. The highest BCUT2D eigenvalue weighted by atomic mass is 16.7. The summed E-state index contributed by atoms with van der Waals surface area (Å²) in [6.45, 7) is 10.7. The molecule has 19 heavy (non-hydrogen) atoms. The first-order valence-electron chi connectivity index (χ1n) is 7.29. The van der Waals surface area contributed by atoms with Gasteiger partial charge in [-0.25, -0.2) is 0 Å². The second kappa shape index (κ2) is 4.10. The molecule has 0 radical (unpaired) electrons. The summed E-state index contributed by atoms with van der Waals surface area (Å²) in [5.74, 6) is 0.616. The van der Waals surface area contributed by atoms with Gasteiger partial charge in [0.15, 0.2) is 0 Å². The zero-order valence-corrected chi connectivity index (χ0v) is 12.6. The molecule has 0 spiro atoms. The van der Waals surface area contributed by atoms with Crippen molar-refractivity contribution in [3.63, 3.8) is 0 Å². The monoisotopic (exact) mass is 258 g/mol. The first kappa shape index (κ1) is 13.2. The van der Waals surface area contributed by atoms with E-state index in [-0.39, 0.29) is 18.3 Å². The fourth-order valence-electron chi connectivity index (χ4n) is 3.14. The number of hydrogen-bond donors (Lipinski definition) is 0. The molecular formula is C16H23BO2. The van der Waals surface area contributed by atoms with Gasteiger partial charge in [0.2, 0.25) is 0 Å². The summed E-state index contributed by atoms with van der Waals surface area (Å²) >= 11 is 0. The van der Waals surface area contributed by atoms with E-state index in [0.717, 1.165) is 0 Å². The molecule has 1 aliphatic carbocycles. The zero-order chi connectivity index (χ0) is 13.8. The van der Waals surface area contributed by atoms with Gasteiger partial charge in [-0.15, -0.1) is 0 Å². The summed E-state index contributed by atoms with van der Waals surface area (Å²) < 4.78 is 12.4. The van der Waals surface area contributed by atoms with E-state index in [1.807, 2.05) is 0 Å². The van der Waals surface area contributed by atoms with E-state index in [9.17, 15) is 0 Å². The van der Waals surface area contributed by atoms with Crippen LogP contribution >= 0.6 is 0 Å². The highest BCUT2D eigenvalue weighted by Gasteiger charge is 2.52. The summed E-state index contributed by atoms with van der Waals surface area (Å²) in [7, 11) is -0.222. The van der Waals surface area contributed by atoms with Crippen LogP contribution in [0.1, 0.15) is 58.1 Å². The van der Waals surface area contributed by atoms with Crippen LogP contribution in [0.25, 0.3) is 0 Å². The Morgan fingerprint density at radius 1 is 1.11 bits per heavy atom. The average molecular weight is 258 g/mol. The fourth-order valence-corrected chi connectivity index (χ4v) is 3.14. The van der Waals surface area contributed by atoms with Gasteiger partial charge in [-0.1, -0.05) is 25.1 Å². The molecule has 1 atom stereocenters. The van der Waals surface area contributed by atoms with Crippen molar-refractivity contribution in [3.8, 4) is 0 Å². The molecule has 0 aromatic heterocycles. The minimum absolute atomic E-state index is 0.222. The third-order valence-corrected chi connectivity index (χ3v) is 5.08. The molecule has 2 aliphatic rings. The minimum Gasteiger partial charge on any atom is -0.399 e. The standard InChI is InChI=1S/C16H23BO2/c1-11-9-10-12-7-6-8-13(14(11)12)17-18-15(2,3)16(4,5)19-17/h6-8,11H,9-10H2,1-5H3. The van der Waals surface area contributed by atoms with Gasteiger partial charge >= 0.3 is 7.12 Å². The Morgan fingerprint density at radius 3 is 2.37 bits per heavy atom. The van der Waals surface area contributed by atoms with Crippen molar-refractivity contribution in [3.05, 3.63) is 29.3 Å². The SMILES string of the molecule is CC1CCc2cccc(B3OC(C)(C)C(C)(C)O3)c21. The largest absolute Gasteiger partial charge is 0.495 e. The summed E-state index contributed by atoms with van der Waals surface area (Å²) in [4.78, 5) is 0. The summed E-state index contributed by atoms with van der Waals surface area (Å²) in [6, 6.07) is 6.55. The summed E-state index contributed by atoms with van der Waals surface area (Å²) in [6.07, 6.45) is 2.43. The lowest BCUT2D eigenvalue weighted by atomic mass is 9.73. The molecule has 102 valence electrons. The molecule has 1 heterocycles. The van der Waals surface area contributed by atoms with Crippen LogP contribution in [0.2, 0.25) is 0 Å². The van der Waals surface area contributed by atoms with Crippen LogP contribution in [0.3, 0.4) is 0 Å². The second-order valence-corrected chi connectivity index (χ2v) is 6.95. The Balaban J connectivity index is 2.00. The fraction of sp³-hybridized carbons (Fsp3) is 0.625. The molecule has 0 N–H and O–H groups in total. The molecule has 3 rings (SSSR count). The molecule has 0 bridgehead atoms. The van der Waals surface area contributed by atoms with Gasteiger partial charge in [-0.2, -0.15) is 0 Å². The first-order chi connectivity index (χ1) is 8.82. The predicted molar refractivity (Wildman–Crippen MR) is 78.9 cm³/mol. The van der Waals surface area contributed by atoms with Gasteiger partial charge in [-0.05, 0) is 63.0 Å². The molecule has 0 amide bonds. The van der Waals surface area contributed by atoms with Gasteiger partial charge in [-0.3, -0.25) is 0 Å². The quantitative estimate of drug-likeness (QED) is 0.721. The second-order valence-electron chi connectivity index (χ2n) is 6.95. The Kier molecular flexibility index (Phi) is 2.85. The molecular weight excluding hydrogens is 235 g/mol. The average Bonchev–Trinajstić information content (AvgIpc) is 2.78. The molecule has 0 saturated carbocycles. The maximum atomic E-state index is 6.20. The van der Waals surface area contributed by atoms with E-state index in [4.69, 9.17) is 9.31 Å². The maximum absolute atomic E-state index is 6.20. The predicted octanol–water partition coefficient (Wildman–Crippen LogP) is 3.04. The summed E-state index contributed by atoms with van der Waals surface area (Å²) in [5, 5.41) is 0. The van der Waals surface area contributed by atoms with Crippen molar-refractivity contribution < 1.29 is 9.31 Å². The van der Waals surface area contributed by atoms with Crippen LogP contribution in [0.4, 0.5) is 0 Å². The van der Waals surface area contributed by atoms with Crippen LogP contribution in [-0.2, 0) is 15.7 Å². The molecule has 1 unspecified atom stereocenters. The van der Waals surface area contributed by atoms with Crippen molar-refractivity contribution in [2.24, 2.45) is 0 Å². The van der Waals surface area contributed by atoms with E-state index < -0.39 is 0 Å². The van der Waals surface area contributed by atoms with Gasteiger partial charge in [0.25, 0.3) is 0 Å². The van der Waals surface area contributed by atoms with E-state index in [1.54, 1.807) is 0 Å². The Hall–Kier alpha value is -0.795. The van der Waals surface area contributed by atoms with Crippen LogP contribution in [0.5, 0.6) is 0 Å². The number of aryl methyl sites for hydroxylation is 1. The minimum atomic E-state index is -0.262. The normalized spacial score (nSPS) is 27.6. The topological polar surface area (TPSA) is 18.5 Å². The van der Waals surface area contributed by atoms with Gasteiger partial charge < -0.3 is 9.31 Å². The molecule has 1 fully saturated rings. The highest BCUT2D eigenvalue weighted by molar-refractivity contribution is 6.62. The lowest BCUT2D eigenvalue weighted by Gasteiger charge is -2.32. The molecule has 2 nitrogen and oxygen atoms in total. The third-order valence-electron chi connectivity index (χ3n) is 5.08. The molecule has 1 aromatic rings. The van der Waals surface area contributed by atoms with Crippen LogP contribution < -0.4 is 5.46 Å². The third kappa shape index (κ3) is 1.95. The molecule has 3 heteroatoms. The van der Waals surface area contributed by atoms with Crippen molar-refractivity contribution in [2.75, 3.05) is 0 Å². The van der Waals surface area contributed by atoms with Crippen molar-refractivity contribution >= 4 is 12.6 Å². The van der Waals surface area contributed by atoms with Crippen LogP contribution in [0.15, 0.2) is 18.2 Å².